The molecule has 4 nitrogen and oxygen atoms in total. The predicted octanol–water partition coefficient (Wildman–Crippen LogP) is 5.02. The number of aromatic nitrogens is 1. The molecule has 2 bridgehead atoms. The lowest BCUT2D eigenvalue weighted by atomic mass is 9.58. The summed E-state index contributed by atoms with van der Waals surface area (Å²) in [5.41, 5.74) is 3.26. The fraction of sp³-hybridized carbons (Fsp3) is 0.500. The maximum absolute atomic E-state index is 12.4. The molecule has 3 aliphatic carbocycles. The van der Waals surface area contributed by atoms with Crippen LogP contribution >= 0.6 is 0 Å². The monoisotopic (exact) mass is 427 g/mol. The van der Waals surface area contributed by atoms with E-state index in [1.54, 1.807) is 0 Å². The minimum Gasteiger partial charge on any atom is -0.385 e. The Labute approximate surface area is 188 Å². The van der Waals surface area contributed by atoms with Crippen molar-refractivity contribution < 1.29 is 14.6 Å². The Hall–Kier alpha value is -2.30. The normalized spacial score (nSPS) is 42.2. The molecule has 0 amide bonds. The van der Waals surface area contributed by atoms with Crippen LogP contribution in [-0.4, -0.2) is 33.2 Å². The summed E-state index contributed by atoms with van der Waals surface area (Å²) >= 11 is 0. The number of ether oxygens (including phenoxy) is 1. The van der Waals surface area contributed by atoms with Crippen LogP contribution in [0.1, 0.15) is 63.4 Å². The highest BCUT2D eigenvalue weighted by molar-refractivity contribution is 5.87. The SMILES string of the molecule is C[C@]12CC=C3C=C4C[C@H](O)C(=O)C[C@]45CCC3(O5)[C@@H]1CC[C@@H]2c1ccc2ccncc2c1. The Morgan fingerprint density at radius 3 is 2.97 bits per heavy atom. The standard InChI is InChI=1S/C28H29NO3/c1-26-8-6-20-13-21-14-23(30)24(31)15-27(21)9-10-28(20,32-27)25(26)5-4-22(26)18-3-2-17-7-11-29-16-19(17)12-18/h2-3,6-7,11-13,16,22-23,25,30H,4-5,8-10,14-15H2,1H3/t22-,23+,25-,26-,27-,28?/m1/s1. The number of rotatable bonds is 1. The number of fused-ring (bicyclic) bond motifs is 2. The molecule has 1 aromatic carbocycles. The zero-order chi connectivity index (χ0) is 21.7. The molecular formula is C28H29NO3. The van der Waals surface area contributed by atoms with Crippen LogP contribution in [0, 0.1) is 11.3 Å². The predicted molar refractivity (Wildman–Crippen MR) is 122 cm³/mol. The maximum atomic E-state index is 12.4. The zero-order valence-electron chi connectivity index (χ0n) is 18.5. The van der Waals surface area contributed by atoms with Crippen LogP contribution in [0.2, 0.25) is 0 Å². The number of carbonyl (C=O) groups is 1. The molecule has 2 aliphatic heterocycles. The third-order valence-electron chi connectivity index (χ3n) is 9.65. The molecule has 3 heterocycles. The summed E-state index contributed by atoms with van der Waals surface area (Å²) in [5, 5.41) is 12.6. The summed E-state index contributed by atoms with van der Waals surface area (Å²) in [7, 11) is 0. The number of allylic oxidation sites excluding steroid dienone is 1. The van der Waals surface area contributed by atoms with Crippen LogP contribution in [0.5, 0.6) is 0 Å². The highest BCUT2D eigenvalue weighted by Crippen LogP contribution is 2.69. The summed E-state index contributed by atoms with van der Waals surface area (Å²) in [6.07, 6.45) is 13.7. The Bertz CT molecular complexity index is 1230. The zero-order valence-corrected chi connectivity index (χ0v) is 18.5. The smallest absolute Gasteiger partial charge is 0.164 e. The van der Waals surface area contributed by atoms with Gasteiger partial charge in [0.2, 0.25) is 0 Å². The lowest BCUT2D eigenvalue weighted by Crippen LogP contribution is -2.55. The minimum atomic E-state index is -0.865. The minimum absolute atomic E-state index is 0.0562. The average molecular weight is 428 g/mol. The van der Waals surface area contributed by atoms with Crippen LogP contribution in [-0.2, 0) is 9.53 Å². The van der Waals surface area contributed by atoms with Crippen molar-refractivity contribution >= 4 is 16.6 Å². The van der Waals surface area contributed by atoms with Crippen LogP contribution in [0.4, 0.5) is 0 Å². The van der Waals surface area contributed by atoms with Crippen LogP contribution in [0.15, 0.2) is 60.0 Å². The molecule has 5 aliphatic rings. The quantitative estimate of drug-likeness (QED) is 0.695. The first-order chi connectivity index (χ1) is 15.4. The van der Waals surface area contributed by atoms with Crippen LogP contribution < -0.4 is 0 Å². The molecule has 3 fully saturated rings. The van der Waals surface area contributed by atoms with E-state index < -0.39 is 11.7 Å². The van der Waals surface area contributed by atoms with Crippen LogP contribution in [0.25, 0.3) is 10.8 Å². The van der Waals surface area contributed by atoms with Gasteiger partial charge in [0.1, 0.15) is 6.10 Å². The van der Waals surface area contributed by atoms with Crippen molar-refractivity contribution in [2.45, 2.75) is 75.1 Å². The number of hydrogen-bond donors (Lipinski definition) is 1. The molecule has 7 rings (SSSR count). The van der Waals surface area contributed by atoms with E-state index in [4.69, 9.17) is 4.74 Å². The summed E-state index contributed by atoms with van der Waals surface area (Å²) in [4.78, 5) is 16.8. The molecule has 1 aromatic heterocycles. The molecule has 2 aromatic rings. The topological polar surface area (TPSA) is 59.4 Å². The van der Waals surface area contributed by atoms with E-state index in [-0.39, 0.29) is 16.8 Å². The summed E-state index contributed by atoms with van der Waals surface area (Å²) in [6.45, 7) is 2.47. The lowest BCUT2D eigenvalue weighted by Gasteiger charge is -2.54. The lowest BCUT2D eigenvalue weighted by molar-refractivity contribution is -0.154. The van der Waals surface area contributed by atoms with E-state index in [0.717, 1.165) is 31.3 Å². The third kappa shape index (κ3) is 2.30. The first kappa shape index (κ1) is 19.2. The first-order valence-corrected chi connectivity index (χ1v) is 12.1. The Kier molecular flexibility index (Phi) is 3.71. The number of nitrogens with zero attached hydrogens (tertiary/aromatic N) is 1. The number of carbonyl (C=O) groups excluding carboxylic acids is 1. The highest BCUT2D eigenvalue weighted by Gasteiger charge is 2.67. The Morgan fingerprint density at radius 1 is 1.16 bits per heavy atom. The molecule has 4 heteroatoms. The molecular weight excluding hydrogens is 398 g/mol. The van der Waals surface area contributed by atoms with Crippen molar-refractivity contribution in [1.82, 2.24) is 4.98 Å². The second-order valence-corrected chi connectivity index (χ2v) is 11.1. The van der Waals surface area contributed by atoms with E-state index in [0.29, 0.717) is 24.7 Å². The second-order valence-electron chi connectivity index (χ2n) is 11.1. The number of benzene rings is 1. The summed E-state index contributed by atoms with van der Waals surface area (Å²) in [5.74, 6) is 0.882. The molecule has 0 radical (unpaired) electrons. The number of ketones is 1. The molecule has 1 N–H and O–H groups in total. The largest absolute Gasteiger partial charge is 0.385 e. The van der Waals surface area contributed by atoms with Gasteiger partial charge in [0.25, 0.3) is 0 Å². The van der Waals surface area contributed by atoms with Crippen molar-refractivity contribution in [3.05, 3.63) is 65.5 Å². The molecule has 2 spiro atoms. The number of pyridine rings is 1. The van der Waals surface area contributed by atoms with Gasteiger partial charge in [0.15, 0.2) is 5.78 Å². The molecule has 2 saturated carbocycles. The maximum Gasteiger partial charge on any atom is 0.164 e. The van der Waals surface area contributed by atoms with Gasteiger partial charge >= 0.3 is 0 Å². The first-order valence-electron chi connectivity index (χ1n) is 12.1. The van der Waals surface area contributed by atoms with Gasteiger partial charge in [-0.25, -0.2) is 0 Å². The van der Waals surface area contributed by atoms with Gasteiger partial charge in [-0.05, 0) is 83.6 Å². The number of hydrogen-bond acceptors (Lipinski definition) is 4. The third-order valence-corrected chi connectivity index (χ3v) is 9.65. The van der Waals surface area contributed by atoms with E-state index >= 15 is 0 Å². The van der Waals surface area contributed by atoms with E-state index in [2.05, 4.69) is 48.3 Å². The van der Waals surface area contributed by atoms with Gasteiger partial charge in [-0.1, -0.05) is 31.2 Å². The van der Waals surface area contributed by atoms with Gasteiger partial charge < -0.3 is 9.84 Å². The number of aliphatic hydroxyl groups excluding tert-OH is 1. The Balaban J connectivity index is 1.31. The highest BCUT2D eigenvalue weighted by atomic mass is 16.5. The molecule has 1 saturated heterocycles. The fourth-order valence-corrected chi connectivity index (χ4v) is 8.08. The molecule has 6 atom stereocenters. The number of aliphatic hydroxyl groups is 1. The van der Waals surface area contributed by atoms with E-state index in [1.165, 1.54) is 28.3 Å². The fourth-order valence-electron chi connectivity index (χ4n) is 8.08. The van der Waals surface area contributed by atoms with E-state index in [1.807, 2.05) is 12.4 Å². The molecule has 164 valence electrons. The molecule has 32 heavy (non-hydrogen) atoms. The van der Waals surface area contributed by atoms with Crippen molar-refractivity contribution in [2.75, 3.05) is 0 Å². The summed E-state index contributed by atoms with van der Waals surface area (Å²) < 4.78 is 7.05. The Morgan fingerprint density at radius 2 is 2.06 bits per heavy atom. The second kappa shape index (κ2) is 6.18. The van der Waals surface area contributed by atoms with Gasteiger partial charge in [-0.15, -0.1) is 0 Å². The average Bonchev–Trinajstić information content (AvgIpc) is 3.31. The number of Topliss-reactive ketones (excluding diaryl/α,β-unsaturated/α-hetero) is 1. The summed E-state index contributed by atoms with van der Waals surface area (Å²) in [6, 6.07) is 8.97. The van der Waals surface area contributed by atoms with E-state index in [9.17, 15) is 9.90 Å². The van der Waals surface area contributed by atoms with Gasteiger partial charge in [0, 0.05) is 30.6 Å². The van der Waals surface area contributed by atoms with Crippen LogP contribution in [0.3, 0.4) is 0 Å². The van der Waals surface area contributed by atoms with Crippen molar-refractivity contribution in [3.63, 3.8) is 0 Å². The van der Waals surface area contributed by atoms with Gasteiger partial charge in [0.05, 0.1) is 11.2 Å². The van der Waals surface area contributed by atoms with Gasteiger partial charge in [-0.2, -0.15) is 0 Å². The van der Waals surface area contributed by atoms with Crippen molar-refractivity contribution in [1.29, 1.82) is 0 Å². The van der Waals surface area contributed by atoms with Gasteiger partial charge in [-0.3, -0.25) is 9.78 Å². The van der Waals surface area contributed by atoms with Crippen molar-refractivity contribution in [2.24, 2.45) is 11.3 Å². The molecule has 1 unspecified atom stereocenters. The van der Waals surface area contributed by atoms with Crippen molar-refractivity contribution in [3.8, 4) is 0 Å².